The summed E-state index contributed by atoms with van der Waals surface area (Å²) in [6, 6.07) is 9.52. The molecule has 1 heterocycles. The number of hydrogen-bond acceptors (Lipinski definition) is 4. The van der Waals surface area contributed by atoms with Gasteiger partial charge in [-0.2, -0.15) is 0 Å². The van der Waals surface area contributed by atoms with Crippen LogP contribution in [0.15, 0.2) is 30.3 Å². The van der Waals surface area contributed by atoms with Crippen LogP contribution in [0.5, 0.6) is 0 Å². The molecular weight excluding hydrogens is 262 g/mol. The summed E-state index contributed by atoms with van der Waals surface area (Å²) in [5.74, 6) is 1.06. The smallest absolute Gasteiger partial charge is 0.230 e. The van der Waals surface area contributed by atoms with Crippen molar-refractivity contribution >= 4 is 17.5 Å². The van der Waals surface area contributed by atoms with E-state index in [-0.39, 0.29) is 5.84 Å². The second-order valence-corrected chi connectivity index (χ2v) is 5.41. The molecular formula is C16H21N5. The van der Waals surface area contributed by atoms with Crippen LogP contribution in [0.4, 0.5) is 11.6 Å². The van der Waals surface area contributed by atoms with E-state index in [1.54, 1.807) is 0 Å². The van der Waals surface area contributed by atoms with Crippen LogP contribution in [0, 0.1) is 12.3 Å². The van der Waals surface area contributed by atoms with Crippen molar-refractivity contribution in [2.45, 2.75) is 26.7 Å². The maximum Gasteiger partial charge on any atom is 0.230 e. The first kappa shape index (κ1) is 15.0. The average Bonchev–Trinajstić information content (AvgIpc) is 2.45. The lowest BCUT2D eigenvalue weighted by molar-refractivity contribution is 0.804. The second-order valence-electron chi connectivity index (χ2n) is 5.41. The molecule has 0 aliphatic carbocycles. The minimum atomic E-state index is 0.0540. The minimum absolute atomic E-state index is 0.0540. The van der Waals surface area contributed by atoms with Crippen LogP contribution in [0.25, 0.3) is 0 Å². The molecule has 0 unspecified atom stereocenters. The molecule has 2 rings (SSSR count). The molecule has 0 fully saturated rings. The number of aromatic nitrogens is 2. The van der Waals surface area contributed by atoms with E-state index < -0.39 is 0 Å². The Kier molecular flexibility index (Phi) is 4.21. The van der Waals surface area contributed by atoms with Crippen LogP contribution in [0.1, 0.15) is 36.7 Å². The van der Waals surface area contributed by atoms with Gasteiger partial charge in [-0.1, -0.05) is 26.0 Å². The molecule has 0 bridgehead atoms. The minimum Gasteiger partial charge on any atom is -0.384 e. The molecule has 21 heavy (non-hydrogen) atoms. The number of anilines is 2. The van der Waals surface area contributed by atoms with Crippen LogP contribution in [0.3, 0.4) is 0 Å². The number of amidine groups is 1. The number of nitrogens with zero attached hydrogens (tertiary/aromatic N) is 3. The van der Waals surface area contributed by atoms with Gasteiger partial charge in [0.1, 0.15) is 5.84 Å². The summed E-state index contributed by atoms with van der Waals surface area (Å²) < 4.78 is 0. The fraction of sp³-hybridized carbons (Fsp3) is 0.312. The maximum absolute atomic E-state index is 7.53. The molecule has 5 nitrogen and oxygen atoms in total. The molecule has 110 valence electrons. The third-order valence-corrected chi connectivity index (χ3v) is 3.30. The molecule has 0 atom stereocenters. The molecule has 0 saturated heterocycles. The van der Waals surface area contributed by atoms with Crippen molar-refractivity contribution in [2.24, 2.45) is 5.73 Å². The largest absolute Gasteiger partial charge is 0.384 e. The van der Waals surface area contributed by atoms with E-state index in [9.17, 15) is 0 Å². The lowest BCUT2D eigenvalue weighted by atomic mass is 10.1. The van der Waals surface area contributed by atoms with Crippen molar-refractivity contribution in [1.82, 2.24) is 9.97 Å². The topological polar surface area (TPSA) is 78.9 Å². The number of nitrogens with one attached hydrogen (secondary N) is 1. The second kappa shape index (κ2) is 5.91. The van der Waals surface area contributed by atoms with Crippen LogP contribution < -0.4 is 10.6 Å². The number of aryl methyl sites for hydroxylation is 1. The lowest BCUT2D eigenvalue weighted by Crippen LogP contribution is -2.17. The molecule has 0 spiro atoms. The fourth-order valence-corrected chi connectivity index (χ4v) is 2.02. The Morgan fingerprint density at radius 1 is 1.24 bits per heavy atom. The number of rotatable bonds is 4. The molecule has 0 aliphatic rings. The summed E-state index contributed by atoms with van der Waals surface area (Å²) in [7, 11) is 1.91. The summed E-state index contributed by atoms with van der Waals surface area (Å²) >= 11 is 0. The van der Waals surface area contributed by atoms with Crippen molar-refractivity contribution in [2.75, 3.05) is 11.9 Å². The SMILES string of the molecule is Cc1cc(C(C)C)nc(N(C)c2cccc(C(=N)N)c2)n1. The summed E-state index contributed by atoms with van der Waals surface area (Å²) in [5, 5.41) is 7.53. The Balaban J connectivity index is 2.42. The van der Waals surface area contributed by atoms with E-state index in [1.165, 1.54) is 0 Å². The van der Waals surface area contributed by atoms with Crippen LogP contribution in [-0.2, 0) is 0 Å². The zero-order valence-electron chi connectivity index (χ0n) is 12.9. The van der Waals surface area contributed by atoms with E-state index in [1.807, 2.05) is 49.2 Å². The first-order valence-electron chi connectivity index (χ1n) is 6.92. The van der Waals surface area contributed by atoms with Gasteiger partial charge in [-0.3, -0.25) is 5.41 Å². The highest BCUT2D eigenvalue weighted by Gasteiger charge is 2.12. The van der Waals surface area contributed by atoms with Gasteiger partial charge in [0.05, 0.1) is 0 Å². The van der Waals surface area contributed by atoms with E-state index in [0.717, 1.165) is 17.1 Å². The van der Waals surface area contributed by atoms with Crippen molar-refractivity contribution in [3.05, 3.63) is 47.3 Å². The number of nitrogens with two attached hydrogens (primary N) is 1. The zero-order chi connectivity index (χ0) is 15.6. The Morgan fingerprint density at radius 2 is 1.95 bits per heavy atom. The molecule has 2 aromatic rings. The van der Waals surface area contributed by atoms with E-state index in [0.29, 0.717) is 17.4 Å². The predicted octanol–water partition coefficient (Wildman–Crippen LogP) is 2.96. The van der Waals surface area contributed by atoms with Crippen molar-refractivity contribution in [3.8, 4) is 0 Å². The zero-order valence-corrected chi connectivity index (χ0v) is 12.9. The van der Waals surface area contributed by atoms with Gasteiger partial charge in [-0.25, -0.2) is 9.97 Å². The summed E-state index contributed by atoms with van der Waals surface area (Å²) in [4.78, 5) is 11.0. The molecule has 1 aromatic heterocycles. The normalized spacial score (nSPS) is 10.7. The summed E-state index contributed by atoms with van der Waals surface area (Å²) in [6.45, 7) is 6.20. The standard InChI is InChI=1S/C16H21N5/c1-10(2)14-8-11(3)19-16(20-14)21(4)13-7-5-6-12(9-13)15(17)18/h5-10H,1-4H3,(H3,17,18). The van der Waals surface area contributed by atoms with Gasteiger partial charge in [0.25, 0.3) is 0 Å². The highest BCUT2D eigenvalue weighted by molar-refractivity contribution is 5.95. The molecule has 0 radical (unpaired) electrons. The first-order chi connectivity index (χ1) is 9.88. The third kappa shape index (κ3) is 3.37. The predicted molar refractivity (Wildman–Crippen MR) is 86.4 cm³/mol. The highest BCUT2D eigenvalue weighted by Crippen LogP contribution is 2.23. The quantitative estimate of drug-likeness (QED) is 0.668. The molecule has 0 saturated carbocycles. The van der Waals surface area contributed by atoms with E-state index in [4.69, 9.17) is 11.1 Å². The van der Waals surface area contributed by atoms with Gasteiger partial charge < -0.3 is 10.6 Å². The number of benzene rings is 1. The molecule has 0 amide bonds. The van der Waals surface area contributed by atoms with Crippen molar-refractivity contribution in [3.63, 3.8) is 0 Å². The van der Waals surface area contributed by atoms with Gasteiger partial charge in [-0.05, 0) is 31.0 Å². The number of nitrogen functional groups attached to an aromatic ring is 1. The maximum atomic E-state index is 7.53. The van der Waals surface area contributed by atoms with Gasteiger partial charge in [0, 0.05) is 29.7 Å². The Bertz CT molecular complexity index is 663. The molecule has 5 heteroatoms. The van der Waals surface area contributed by atoms with E-state index in [2.05, 4.69) is 23.8 Å². The van der Waals surface area contributed by atoms with Crippen molar-refractivity contribution < 1.29 is 0 Å². The Hall–Kier alpha value is -2.43. The van der Waals surface area contributed by atoms with Gasteiger partial charge in [-0.15, -0.1) is 0 Å². The average molecular weight is 283 g/mol. The fourth-order valence-electron chi connectivity index (χ4n) is 2.02. The van der Waals surface area contributed by atoms with Crippen LogP contribution >= 0.6 is 0 Å². The monoisotopic (exact) mass is 283 g/mol. The lowest BCUT2D eigenvalue weighted by Gasteiger charge is -2.19. The van der Waals surface area contributed by atoms with Crippen molar-refractivity contribution in [1.29, 1.82) is 5.41 Å². The van der Waals surface area contributed by atoms with Gasteiger partial charge in [0.15, 0.2) is 0 Å². The van der Waals surface area contributed by atoms with Gasteiger partial charge in [0.2, 0.25) is 5.95 Å². The van der Waals surface area contributed by atoms with E-state index >= 15 is 0 Å². The number of hydrogen-bond donors (Lipinski definition) is 2. The summed E-state index contributed by atoms with van der Waals surface area (Å²) in [6.07, 6.45) is 0. The Morgan fingerprint density at radius 3 is 2.57 bits per heavy atom. The van der Waals surface area contributed by atoms with Crippen LogP contribution in [-0.4, -0.2) is 22.9 Å². The summed E-state index contributed by atoms with van der Waals surface area (Å²) in [5.41, 5.74) is 9.10. The van der Waals surface area contributed by atoms with Crippen LogP contribution in [0.2, 0.25) is 0 Å². The highest BCUT2D eigenvalue weighted by atomic mass is 15.2. The molecule has 1 aromatic carbocycles. The third-order valence-electron chi connectivity index (χ3n) is 3.30. The molecule has 0 aliphatic heterocycles. The first-order valence-corrected chi connectivity index (χ1v) is 6.92. The Labute approximate surface area is 125 Å². The van der Waals surface area contributed by atoms with Gasteiger partial charge >= 0.3 is 0 Å². The molecule has 3 N–H and O–H groups in total.